The minimum absolute atomic E-state index is 0.525. The Morgan fingerprint density at radius 2 is 2.04 bits per heavy atom. The lowest BCUT2D eigenvalue weighted by molar-refractivity contribution is 0.0389. The number of aromatic nitrogens is 3. The van der Waals surface area contributed by atoms with Gasteiger partial charge in [0.25, 0.3) is 0 Å². The first kappa shape index (κ1) is 18.4. The van der Waals surface area contributed by atoms with Crippen molar-refractivity contribution in [1.29, 1.82) is 0 Å². The Morgan fingerprint density at radius 1 is 1.27 bits per heavy atom. The lowest BCUT2D eigenvalue weighted by Crippen LogP contribution is -2.42. The molecule has 1 aliphatic heterocycles. The first-order valence-corrected chi connectivity index (χ1v) is 8.97. The molecule has 0 aliphatic carbocycles. The van der Waals surface area contributed by atoms with E-state index in [9.17, 15) is 0 Å². The number of morpholine rings is 1. The molecule has 1 fully saturated rings. The largest absolute Gasteiger partial charge is 0.379 e. The molecule has 8 nitrogen and oxygen atoms in total. The molecular weight excluding hydrogens is 350 g/mol. The third kappa shape index (κ3) is 5.32. The van der Waals surface area contributed by atoms with Gasteiger partial charge >= 0.3 is 0 Å². The van der Waals surface area contributed by atoms with Gasteiger partial charge in [-0.3, -0.25) is 10.3 Å². The first-order chi connectivity index (χ1) is 12.7. The summed E-state index contributed by atoms with van der Waals surface area (Å²) in [7, 11) is 0. The quantitative estimate of drug-likeness (QED) is 0.440. The number of nitrogens with zero attached hydrogens (tertiary/aromatic N) is 5. The molecule has 2 N–H and O–H groups in total. The highest BCUT2D eigenvalue weighted by atomic mass is 32.1. The Labute approximate surface area is 158 Å². The Morgan fingerprint density at radius 3 is 2.73 bits per heavy atom. The zero-order valence-corrected chi connectivity index (χ0v) is 15.6. The van der Waals surface area contributed by atoms with Gasteiger partial charge in [0.2, 0.25) is 0 Å². The highest BCUT2D eigenvalue weighted by Gasteiger charge is 2.09. The summed E-state index contributed by atoms with van der Waals surface area (Å²) in [5.74, 6) is 0. The van der Waals surface area contributed by atoms with Crippen molar-refractivity contribution < 1.29 is 4.74 Å². The molecule has 1 aromatic heterocycles. The summed E-state index contributed by atoms with van der Waals surface area (Å²) in [6.45, 7) is 7.23. The molecule has 0 atom stereocenters. The summed E-state index contributed by atoms with van der Waals surface area (Å²) in [6, 6.07) is 7.93. The molecule has 0 bridgehead atoms. The van der Waals surface area contributed by atoms with Crippen LogP contribution in [0.25, 0.3) is 5.69 Å². The van der Waals surface area contributed by atoms with Crippen molar-refractivity contribution >= 4 is 23.0 Å². The second-order valence-corrected chi connectivity index (χ2v) is 6.31. The normalized spacial score (nSPS) is 15.7. The van der Waals surface area contributed by atoms with E-state index in [-0.39, 0.29) is 0 Å². The lowest BCUT2D eigenvalue weighted by atomic mass is 10.1. The molecule has 0 spiro atoms. The van der Waals surface area contributed by atoms with Gasteiger partial charge < -0.3 is 10.1 Å². The Bertz CT molecular complexity index is 724. The van der Waals surface area contributed by atoms with Crippen LogP contribution in [0.15, 0.2) is 42.0 Å². The van der Waals surface area contributed by atoms with E-state index in [1.54, 1.807) is 11.0 Å². The van der Waals surface area contributed by atoms with E-state index in [2.05, 4.69) is 30.8 Å². The van der Waals surface area contributed by atoms with Gasteiger partial charge in [0.15, 0.2) is 5.11 Å². The fourth-order valence-electron chi connectivity index (χ4n) is 2.59. The van der Waals surface area contributed by atoms with E-state index in [1.165, 1.54) is 6.33 Å². The highest BCUT2D eigenvalue weighted by molar-refractivity contribution is 7.80. The third-order valence-electron chi connectivity index (χ3n) is 4.11. The SMILES string of the molecule is C/C(=N\NC(=S)NCCN1CCOCC1)c1ccc(-n2cncn2)cc1. The zero-order chi connectivity index (χ0) is 18.2. The van der Waals surface area contributed by atoms with Crippen molar-refractivity contribution in [2.45, 2.75) is 6.92 Å². The molecule has 138 valence electrons. The van der Waals surface area contributed by atoms with Gasteiger partial charge in [-0.05, 0) is 36.8 Å². The topological polar surface area (TPSA) is 79.6 Å². The average molecular weight is 373 g/mol. The monoisotopic (exact) mass is 373 g/mol. The van der Waals surface area contributed by atoms with E-state index >= 15 is 0 Å². The van der Waals surface area contributed by atoms with Crippen LogP contribution in [0, 0.1) is 0 Å². The Hall–Kier alpha value is -2.36. The van der Waals surface area contributed by atoms with Crippen LogP contribution in [0.3, 0.4) is 0 Å². The molecule has 1 saturated heterocycles. The van der Waals surface area contributed by atoms with Crippen LogP contribution >= 0.6 is 12.2 Å². The first-order valence-electron chi connectivity index (χ1n) is 8.56. The van der Waals surface area contributed by atoms with Crippen molar-refractivity contribution in [3.8, 4) is 5.69 Å². The lowest BCUT2D eigenvalue weighted by Gasteiger charge is -2.26. The number of hydrazone groups is 1. The van der Waals surface area contributed by atoms with Crippen LogP contribution < -0.4 is 10.7 Å². The van der Waals surface area contributed by atoms with Gasteiger partial charge in [-0.15, -0.1) is 0 Å². The van der Waals surface area contributed by atoms with Gasteiger partial charge in [0, 0.05) is 26.2 Å². The van der Waals surface area contributed by atoms with Crippen LogP contribution in [0.5, 0.6) is 0 Å². The number of benzene rings is 1. The smallest absolute Gasteiger partial charge is 0.187 e. The predicted molar refractivity (Wildman–Crippen MR) is 105 cm³/mol. The van der Waals surface area contributed by atoms with E-state index in [4.69, 9.17) is 17.0 Å². The fourth-order valence-corrected chi connectivity index (χ4v) is 2.74. The number of hydrogen-bond donors (Lipinski definition) is 2. The molecule has 0 saturated carbocycles. The van der Waals surface area contributed by atoms with Gasteiger partial charge in [0.1, 0.15) is 12.7 Å². The third-order valence-corrected chi connectivity index (χ3v) is 4.35. The fraction of sp³-hybridized carbons (Fsp3) is 0.412. The summed E-state index contributed by atoms with van der Waals surface area (Å²) < 4.78 is 7.05. The van der Waals surface area contributed by atoms with E-state index in [0.29, 0.717) is 5.11 Å². The van der Waals surface area contributed by atoms with Crippen LogP contribution in [-0.2, 0) is 4.74 Å². The number of nitrogens with one attached hydrogen (secondary N) is 2. The summed E-state index contributed by atoms with van der Waals surface area (Å²) in [5, 5.41) is 12.2. The molecule has 0 unspecified atom stereocenters. The maximum absolute atomic E-state index is 5.34. The molecule has 2 aromatic rings. The predicted octanol–water partition coefficient (Wildman–Crippen LogP) is 0.788. The van der Waals surface area contributed by atoms with Gasteiger partial charge in [0.05, 0.1) is 24.6 Å². The molecule has 1 aromatic carbocycles. The number of rotatable bonds is 6. The molecule has 1 aliphatic rings. The van der Waals surface area contributed by atoms with Crippen LogP contribution in [-0.4, -0.2) is 69.9 Å². The summed E-state index contributed by atoms with van der Waals surface area (Å²) in [5.41, 5.74) is 5.72. The summed E-state index contributed by atoms with van der Waals surface area (Å²) >= 11 is 5.27. The van der Waals surface area contributed by atoms with Crippen LogP contribution in [0.1, 0.15) is 12.5 Å². The maximum Gasteiger partial charge on any atom is 0.187 e. The van der Waals surface area contributed by atoms with Gasteiger partial charge in [-0.1, -0.05) is 12.1 Å². The van der Waals surface area contributed by atoms with Gasteiger partial charge in [-0.2, -0.15) is 10.2 Å². The van der Waals surface area contributed by atoms with Crippen molar-refractivity contribution in [3.63, 3.8) is 0 Å². The molecular formula is C17H23N7OS. The van der Waals surface area contributed by atoms with Crippen molar-refractivity contribution in [2.24, 2.45) is 5.10 Å². The zero-order valence-electron chi connectivity index (χ0n) is 14.8. The van der Waals surface area contributed by atoms with E-state index in [0.717, 1.165) is 56.4 Å². The minimum atomic E-state index is 0.525. The Kier molecular flexibility index (Phi) is 6.64. The second kappa shape index (κ2) is 9.37. The number of thiocarbonyl (C=S) groups is 1. The van der Waals surface area contributed by atoms with Gasteiger partial charge in [-0.25, -0.2) is 9.67 Å². The molecule has 9 heteroatoms. The van der Waals surface area contributed by atoms with Crippen molar-refractivity contribution in [1.82, 2.24) is 30.4 Å². The molecule has 3 rings (SSSR count). The standard InChI is InChI=1S/C17H23N7OS/c1-14(15-2-4-16(5-3-15)24-13-18-12-20-24)21-22-17(26)19-6-7-23-8-10-25-11-9-23/h2-5,12-13H,6-11H2,1H3,(H2,19,22,26)/b21-14+. The van der Waals surface area contributed by atoms with Crippen LogP contribution in [0.4, 0.5) is 0 Å². The minimum Gasteiger partial charge on any atom is -0.379 e. The van der Waals surface area contributed by atoms with E-state index < -0.39 is 0 Å². The molecule has 0 radical (unpaired) electrons. The number of ether oxygens (including phenoxy) is 1. The van der Waals surface area contributed by atoms with Crippen molar-refractivity contribution in [2.75, 3.05) is 39.4 Å². The summed E-state index contributed by atoms with van der Waals surface area (Å²) in [4.78, 5) is 6.30. The average Bonchev–Trinajstić information content (AvgIpc) is 3.22. The number of hydrogen-bond acceptors (Lipinski definition) is 6. The Balaban J connectivity index is 1.44. The molecule has 0 amide bonds. The van der Waals surface area contributed by atoms with E-state index in [1.807, 2.05) is 31.2 Å². The van der Waals surface area contributed by atoms with Crippen molar-refractivity contribution in [3.05, 3.63) is 42.5 Å². The van der Waals surface area contributed by atoms with Crippen LogP contribution in [0.2, 0.25) is 0 Å². The molecule has 26 heavy (non-hydrogen) atoms. The summed E-state index contributed by atoms with van der Waals surface area (Å²) in [6.07, 6.45) is 3.18. The second-order valence-electron chi connectivity index (χ2n) is 5.91. The molecule has 2 heterocycles. The highest BCUT2D eigenvalue weighted by Crippen LogP contribution is 2.08. The maximum atomic E-state index is 5.34.